The summed E-state index contributed by atoms with van der Waals surface area (Å²) < 4.78 is 0. The first kappa shape index (κ1) is 14.1. The molecule has 2 unspecified atom stereocenters. The number of likely N-dealkylation sites (N-methyl/N-ethyl adjacent to an activating group) is 1. The van der Waals surface area contributed by atoms with Gasteiger partial charge in [0.15, 0.2) is 0 Å². The van der Waals surface area contributed by atoms with Crippen molar-refractivity contribution < 1.29 is 0 Å². The lowest BCUT2D eigenvalue weighted by atomic mass is 10.0. The van der Waals surface area contributed by atoms with Gasteiger partial charge in [0.2, 0.25) is 0 Å². The highest BCUT2D eigenvalue weighted by molar-refractivity contribution is 7.99. The van der Waals surface area contributed by atoms with E-state index in [1.54, 1.807) is 0 Å². The molecule has 94 valence electrons. The van der Waals surface area contributed by atoms with Gasteiger partial charge in [-0.1, -0.05) is 12.5 Å². The molecule has 0 aromatic carbocycles. The monoisotopic (exact) mass is 242 g/mol. The average molecular weight is 242 g/mol. The molecule has 0 aliphatic carbocycles. The molecule has 0 radical (unpaired) electrons. The average Bonchev–Trinajstić information content (AvgIpc) is 2.24. The van der Waals surface area contributed by atoms with Crippen molar-refractivity contribution in [1.29, 1.82) is 0 Å². The zero-order valence-electron chi connectivity index (χ0n) is 11.0. The molecule has 1 heterocycles. The van der Waals surface area contributed by atoms with Crippen LogP contribution in [0.2, 0.25) is 0 Å². The summed E-state index contributed by atoms with van der Waals surface area (Å²) in [5, 5.41) is 3.69. The predicted molar refractivity (Wildman–Crippen MR) is 75.3 cm³/mol. The standard InChI is InChI=1S/C13H26N2S/c1-5-6-14-12(9-11(2)3)13-10-16-8-7-15(13)4/h12-14H,2,5-10H2,1,3-4H3. The molecule has 0 saturated carbocycles. The molecule has 1 saturated heterocycles. The van der Waals surface area contributed by atoms with Crippen LogP contribution >= 0.6 is 11.8 Å². The van der Waals surface area contributed by atoms with Gasteiger partial charge in [0, 0.05) is 30.1 Å². The highest BCUT2D eigenvalue weighted by Gasteiger charge is 2.27. The first-order valence-corrected chi connectivity index (χ1v) is 7.46. The third-order valence-electron chi connectivity index (χ3n) is 3.13. The lowest BCUT2D eigenvalue weighted by Gasteiger charge is -2.38. The molecule has 1 N–H and O–H groups in total. The minimum Gasteiger partial charge on any atom is -0.312 e. The molecule has 2 atom stereocenters. The molecule has 1 aliphatic rings. The largest absolute Gasteiger partial charge is 0.312 e. The van der Waals surface area contributed by atoms with E-state index in [4.69, 9.17) is 0 Å². The summed E-state index contributed by atoms with van der Waals surface area (Å²) >= 11 is 2.08. The minimum absolute atomic E-state index is 0.579. The molecule has 0 spiro atoms. The Balaban J connectivity index is 2.54. The molecule has 3 heteroatoms. The Morgan fingerprint density at radius 3 is 2.94 bits per heavy atom. The van der Waals surface area contributed by atoms with E-state index in [0.29, 0.717) is 12.1 Å². The number of hydrogen-bond acceptors (Lipinski definition) is 3. The van der Waals surface area contributed by atoms with Gasteiger partial charge in [-0.15, -0.1) is 6.58 Å². The fraction of sp³-hybridized carbons (Fsp3) is 0.846. The molecule has 0 aromatic rings. The normalized spacial score (nSPS) is 24.3. The van der Waals surface area contributed by atoms with Gasteiger partial charge in [-0.25, -0.2) is 0 Å². The van der Waals surface area contributed by atoms with E-state index < -0.39 is 0 Å². The molecular formula is C13H26N2S. The number of hydrogen-bond donors (Lipinski definition) is 1. The van der Waals surface area contributed by atoms with Gasteiger partial charge in [0.25, 0.3) is 0 Å². The van der Waals surface area contributed by atoms with Gasteiger partial charge < -0.3 is 10.2 Å². The van der Waals surface area contributed by atoms with Gasteiger partial charge in [-0.05, 0) is 33.4 Å². The summed E-state index contributed by atoms with van der Waals surface area (Å²) in [6, 6.07) is 1.25. The zero-order chi connectivity index (χ0) is 12.0. The lowest BCUT2D eigenvalue weighted by Crippen LogP contribution is -2.53. The maximum atomic E-state index is 4.06. The van der Waals surface area contributed by atoms with Gasteiger partial charge in [-0.2, -0.15) is 11.8 Å². The van der Waals surface area contributed by atoms with E-state index in [2.05, 4.69) is 49.5 Å². The number of nitrogens with zero attached hydrogens (tertiary/aromatic N) is 1. The molecule has 1 rings (SSSR count). The van der Waals surface area contributed by atoms with Crippen molar-refractivity contribution in [2.45, 2.75) is 38.8 Å². The summed E-state index contributed by atoms with van der Waals surface area (Å²) in [4.78, 5) is 2.51. The van der Waals surface area contributed by atoms with Gasteiger partial charge in [-0.3, -0.25) is 0 Å². The SMILES string of the molecule is C=C(C)CC(NCCC)C1CSCCN1C. The summed E-state index contributed by atoms with van der Waals surface area (Å²) in [6.45, 7) is 10.8. The van der Waals surface area contributed by atoms with Gasteiger partial charge >= 0.3 is 0 Å². The molecule has 0 amide bonds. The van der Waals surface area contributed by atoms with Crippen LogP contribution in [-0.4, -0.2) is 48.6 Å². The van der Waals surface area contributed by atoms with Crippen LogP contribution in [0.25, 0.3) is 0 Å². The smallest absolute Gasteiger partial charge is 0.0340 e. The third-order valence-corrected chi connectivity index (χ3v) is 4.18. The van der Waals surface area contributed by atoms with Crippen LogP contribution in [0, 0.1) is 0 Å². The van der Waals surface area contributed by atoms with Crippen molar-refractivity contribution in [3.8, 4) is 0 Å². The van der Waals surface area contributed by atoms with E-state index in [0.717, 1.165) is 13.0 Å². The Morgan fingerprint density at radius 1 is 1.62 bits per heavy atom. The Bertz CT molecular complexity index is 218. The second-order valence-corrected chi connectivity index (χ2v) is 5.99. The van der Waals surface area contributed by atoms with Crippen molar-refractivity contribution >= 4 is 11.8 Å². The zero-order valence-corrected chi connectivity index (χ0v) is 11.8. The Hall–Kier alpha value is 0.01000. The topological polar surface area (TPSA) is 15.3 Å². The Labute approximate surface area is 105 Å². The number of thioether (sulfide) groups is 1. The summed E-state index contributed by atoms with van der Waals surface area (Å²) in [5.74, 6) is 2.53. The van der Waals surface area contributed by atoms with Crippen LogP contribution < -0.4 is 5.32 Å². The van der Waals surface area contributed by atoms with E-state index >= 15 is 0 Å². The van der Waals surface area contributed by atoms with Gasteiger partial charge in [0.05, 0.1) is 0 Å². The predicted octanol–water partition coefficient (Wildman–Crippen LogP) is 2.37. The highest BCUT2D eigenvalue weighted by Crippen LogP contribution is 2.20. The maximum absolute atomic E-state index is 4.06. The van der Waals surface area contributed by atoms with Crippen LogP contribution in [0.3, 0.4) is 0 Å². The molecule has 2 nitrogen and oxygen atoms in total. The van der Waals surface area contributed by atoms with Crippen LogP contribution in [0.5, 0.6) is 0 Å². The van der Waals surface area contributed by atoms with Crippen LogP contribution in [0.1, 0.15) is 26.7 Å². The quantitative estimate of drug-likeness (QED) is 0.720. The van der Waals surface area contributed by atoms with E-state index in [1.165, 1.54) is 30.0 Å². The van der Waals surface area contributed by atoms with Crippen molar-refractivity contribution in [2.24, 2.45) is 0 Å². The highest BCUT2D eigenvalue weighted by atomic mass is 32.2. The van der Waals surface area contributed by atoms with Crippen LogP contribution in [-0.2, 0) is 0 Å². The Kier molecular flexibility index (Phi) is 6.47. The second-order valence-electron chi connectivity index (χ2n) is 4.84. The summed E-state index contributed by atoms with van der Waals surface area (Å²) in [5.41, 5.74) is 1.29. The van der Waals surface area contributed by atoms with Crippen LogP contribution in [0.4, 0.5) is 0 Å². The Morgan fingerprint density at radius 2 is 2.38 bits per heavy atom. The van der Waals surface area contributed by atoms with Crippen molar-refractivity contribution in [1.82, 2.24) is 10.2 Å². The number of nitrogens with one attached hydrogen (secondary N) is 1. The van der Waals surface area contributed by atoms with Gasteiger partial charge in [0.1, 0.15) is 0 Å². The molecule has 16 heavy (non-hydrogen) atoms. The lowest BCUT2D eigenvalue weighted by molar-refractivity contribution is 0.213. The molecule has 1 fully saturated rings. The second kappa shape index (κ2) is 7.36. The first-order chi connectivity index (χ1) is 7.65. The van der Waals surface area contributed by atoms with E-state index in [-0.39, 0.29) is 0 Å². The van der Waals surface area contributed by atoms with Crippen molar-refractivity contribution in [3.63, 3.8) is 0 Å². The molecule has 1 aliphatic heterocycles. The fourth-order valence-electron chi connectivity index (χ4n) is 2.18. The van der Waals surface area contributed by atoms with Crippen LogP contribution in [0.15, 0.2) is 12.2 Å². The van der Waals surface area contributed by atoms with E-state index in [1.807, 2.05) is 0 Å². The summed E-state index contributed by atoms with van der Waals surface area (Å²) in [7, 11) is 2.25. The molecule has 0 aromatic heterocycles. The van der Waals surface area contributed by atoms with E-state index in [9.17, 15) is 0 Å². The summed E-state index contributed by atoms with van der Waals surface area (Å²) in [6.07, 6.45) is 2.31. The first-order valence-electron chi connectivity index (χ1n) is 6.31. The minimum atomic E-state index is 0.579. The maximum Gasteiger partial charge on any atom is 0.0340 e. The third kappa shape index (κ3) is 4.48. The van der Waals surface area contributed by atoms with Crippen molar-refractivity contribution in [3.05, 3.63) is 12.2 Å². The molecule has 0 bridgehead atoms. The molecular weight excluding hydrogens is 216 g/mol. The fourth-order valence-corrected chi connectivity index (χ4v) is 3.49. The van der Waals surface area contributed by atoms with Crippen molar-refractivity contribution in [2.75, 3.05) is 31.6 Å². The number of rotatable bonds is 6.